The van der Waals surface area contributed by atoms with Gasteiger partial charge in [0.2, 0.25) is 0 Å². The Hall–Kier alpha value is -1.20. The van der Waals surface area contributed by atoms with Crippen LogP contribution < -0.4 is 10.2 Å². The lowest BCUT2D eigenvalue weighted by Gasteiger charge is -2.23. The molecule has 1 aliphatic heterocycles. The minimum atomic E-state index is -0.230. The summed E-state index contributed by atoms with van der Waals surface area (Å²) in [5.74, 6) is -0.230. The molecule has 1 aromatic carbocycles. The van der Waals surface area contributed by atoms with Gasteiger partial charge in [0, 0.05) is 18.7 Å². The molecule has 2 N–H and O–H groups in total. The summed E-state index contributed by atoms with van der Waals surface area (Å²) in [6, 6.07) is 6.28. The maximum Gasteiger partial charge on any atom is 0.173 e. The molecule has 1 saturated heterocycles. The first-order chi connectivity index (χ1) is 8.65. The highest BCUT2D eigenvalue weighted by Gasteiger charge is 2.16. The summed E-state index contributed by atoms with van der Waals surface area (Å²) in [5.41, 5.74) is 0.839. The third-order valence-corrected chi connectivity index (χ3v) is 3.58. The second-order valence-corrected chi connectivity index (χ2v) is 5.12. The minimum Gasteiger partial charge on any atom is -0.343 e. The average Bonchev–Trinajstić information content (AvgIpc) is 2.57. The molecule has 5 heteroatoms. The van der Waals surface area contributed by atoms with Crippen LogP contribution in [-0.2, 0) is 0 Å². The van der Waals surface area contributed by atoms with E-state index in [4.69, 9.17) is 12.2 Å². The fourth-order valence-electron chi connectivity index (χ4n) is 2.07. The first-order valence-corrected chi connectivity index (χ1v) is 6.69. The summed E-state index contributed by atoms with van der Waals surface area (Å²) in [6.45, 7) is 4.25. The third kappa shape index (κ3) is 3.65. The van der Waals surface area contributed by atoms with Gasteiger partial charge in [-0.3, -0.25) is 0 Å². The molecule has 0 aliphatic carbocycles. The molecule has 1 unspecified atom stereocenters. The maximum atomic E-state index is 12.8. The number of nitrogens with one attached hydrogen (secondary N) is 2. The lowest BCUT2D eigenvalue weighted by atomic mass is 10.3. The van der Waals surface area contributed by atoms with Gasteiger partial charge in [0.15, 0.2) is 5.11 Å². The number of hydrogen-bond donors (Lipinski definition) is 2. The van der Waals surface area contributed by atoms with E-state index >= 15 is 0 Å². The first kappa shape index (κ1) is 13.2. The van der Waals surface area contributed by atoms with Crippen LogP contribution in [-0.4, -0.2) is 43.2 Å². The van der Waals surface area contributed by atoms with Crippen LogP contribution in [0, 0.1) is 5.82 Å². The normalized spacial score (nSPS) is 20.3. The van der Waals surface area contributed by atoms with Crippen LogP contribution in [0.3, 0.4) is 0 Å². The van der Waals surface area contributed by atoms with Crippen molar-refractivity contribution in [2.45, 2.75) is 6.42 Å². The molecular weight excluding hydrogens is 249 g/mol. The number of anilines is 1. The largest absolute Gasteiger partial charge is 0.343 e. The fourth-order valence-corrected chi connectivity index (χ4v) is 2.37. The summed E-state index contributed by atoms with van der Waals surface area (Å²) >= 11 is 5.40. The quantitative estimate of drug-likeness (QED) is 0.733. The molecule has 1 aromatic rings. The highest BCUT2D eigenvalue weighted by Crippen LogP contribution is 2.09. The lowest BCUT2D eigenvalue weighted by molar-refractivity contribution is -0.877. The number of nitrogens with zero attached hydrogens (tertiary/aromatic N) is 1. The topological polar surface area (TPSA) is 19.7 Å². The van der Waals surface area contributed by atoms with Crippen molar-refractivity contribution in [3.63, 3.8) is 0 Å². The van der Waals surface area contributed by atoms with E-state index in [9.17, 15) is 4.39 Å². The highest BCUT2D eigenvalue weighted by atomic mass is 32.1. The maximum absolute atomic E-state index is 12.8. The number of thiocarbonyl (C=S) groups is 1. The van der Waals surface area contributed by atoms with E-state index in [-0.39, 0.29) is 5.82 Å². The zero-order valence-electron chi connectivity index (χ0n) is 10.6. The molecule has 98 valence electrons. The number of hydrogen-bond acceptors (Lipinski definition) is 1. The van der Waals surface area contributed by atoms with Crippen LogP contribution in [0.15, 0.2) is 24.3 Å². The van der Waals surface area contributed by atoms with E-state index in [2.05, 4.69) is 17.3 Å². The SMILES string of the molecule is C[NH+]1CCCN(C(=S)Nc2ccc(F)cc2)CC1. The van der Waals surface area contributed by atoms with Gasteiger partial charge in [0.25, 0.3) is 0 Å². The van der Waals surface area contributed by atoms with Gasteiger partial charge in [-0.1, -0.05) is 0 Å². The van der Waals surface area contributed by atoms with Crippen molar-refractivity contribution in [3.05, 3.63) is 30.1 Å². The molecule has 2 rings (SSSR count). The van der Waals surface area contributed by atoms with E-state index in [1.807, 2.05) is 0 Å². The molecule has 1 aliphatic rings. The van der Waals surface area contributed by atoms with Gasteiger partial charge in [0.05, 0.1) is 26.7 Å². The Morgan fingerprint density at radius 2 is 2.00 bits per heavy atom. The molecule has 0 bridgehead atoms. The third-order valence-electron chi connectivity index (χ3n) is 3.22. The predicted octanol–water partition coefficient (Wildman–Crippen LogP) is 0.743. The highest BCUT2D eigenvalue weighted by molar-refractivity contribution is 7.80. The summed E-state index contributed by atoms with van der Waals surface area (Å²) in [4.78, 5) is 3.73. The van der Waals surface area contributed by atoms with Gasteiger partial charge < -0.3 is 15.1 Å². The van der Waals surface area contributed by atoms with Crippen molar-refractivity contribution < 1.29 is 9.29 Å². The van der Waals surface area contributed by atoms with E-state index < -0.39 is 0 Å². The van der Waals surface area contributed by atoms with Crippen molar-refractivity contribution in [1.82, 2.24) is 4.90 Å². The van der Waals surface area contributed by atoms with E-state index in [1.165, 1.54) is 18.7 Å². The predicted molar refractivity (Wildman–Crippen MR) is 75.4 cm³/mol. The summed E-state index contributed by atoms with van der Waals surface area (Å²) < 4.78 is 12.8. The molecular formula is C13H19FN3S+. The Morgan fingerprint density at radius 3 is 2.72 bits per heavy atom. The van der Waals surface area contributed by atoms with Gasteiger partial charge >= 0.3 is 0 Å². The number of rotatable bonds is 1. The molecule has 0 saturated carbocycles. The van der Waals surface area contributed by atoms with Crippen LogP contribution in [0.1, 0.15) is 6.42 Å². The summed E-state index contributed by atoms with van der Waals surface area (Å²) in [6.07, 6.45) is 1.15. The Morgan fingerprint density at radius 1 is 1.28 bits per heavy atom. The zero-order chi connectivity index (χ0) is 13.0. The molecule has 1 heterocycles. The Balaban J connectivity index is 1.92. The fraction of sp³-hybridized carbons (Fsp3) is 0.462. The van der Waals surface area contributed by atoms with Gasteiger partial charge in [-0.25, -0.2) is 4.39 Å². The Bertz CT molecular complexity index is 407. The second kappa shape index (κ2) is 6.11. The van der Waals surface area contributed by atoms with Crippen LogP contribution in [0.2, 0.25) is 0 Å². The smallest absolute Gasteiger partial charge is 0.173 e. The number of halogens is 1. The van der Waals surface area contributed by atoms with Crippen LogP contribution in [0.4, 0.5) is 10.1 Å². The molecule has 0 amide bonds. The molecule has 1 atom stereocenters. The standard InChI is InChI=1S/C13H18FN3S/c1-16-7-2-8-17(10-9-16)13(18)15-12-5-3-11(14)4-6-12/h3-6H,2,7-10H2,1H3,(H,15,18)/p+1. The van der Waals surface area contributed by atoms with Crippen molar-refractivity contribution in [2.75, 3.05) is 38.5 Å². The number of likely N-dealkylation sites (N-methyl/N-ethyl adjacent to an activating group) is 1. The van der Waals surface area contributed by atoms with Crippen molar-refractivity contribution in [2.24, 2.45) is 0 Å². The monoisotopic (exact) mass is 268 g/mol. The first-order valence-electron chi connectivity index (χ1n) is 6.28. The molecule has 0 radical (unpaired) electrons. The molecule has 3 nitrogen and oxygen atoms in total. The second-order valence-electron chi connectivity index (χ2n) is 4.73. The van der Waals surface area contributed by atoms with Crippen molar-refractivity contribution >= 4 is 23.0 Å². The van der Waals surface area contributed by atoms with Crippen molar-refractivity contribution in [3.8, 4) is 0 Å². The molecule has 0 aromatic heterocycles. The van der Waals surface area contributed by atoms with Gasteiger partial charge in [-0.15, -0.1) is 0 Å². The van der Waals surface area contributed by atoms with E-state index in [0.29, 0.717) is 0 Å². The average molecular weight is 268 g/mol. The molecule has 1 fully saturated rings. The Labute approximate surface area is 113 Å². The lowest BCUT2D eigenvalue weighted by Crippen LogP contribution is -3.09. The summed E-state index contributed by atoms with van der Waals surface area (Å²) in [7, 11) is 2.21. The van der Waals surface area contributed by atoms with Crippen molar-refractivity contribution in [1.29, 1.82) is 0 Å². The van der Waals surface area contributed by atoms with Crippen LogP contribution >= 0.6 is 12.2 Å². The minimum absolute atomic E-state index is 0.230. The number of quaternary nitrogens is 1. The van der Waals surface area contributed by atoms with E-state index in [1.54, 1.807) is 17.0 Å². The number of benzene rings is 1. The zero-order valence-corrected chi connectivity index (χ0v) is 11.4. The molecule has 0 spiro atoms. The van der Waals surface area contributed by atoms with Gasteiger partial charge in [-0.05, 0) is 36.5 Å². The molecule has 18 heavy (non-hydrogen) atoms. The van der Waals surface area contributed by atoms with Crippen LogP contribution in [0.25, 0.3) is 0 Å². The van der Waals surface area contributed by atoms with Gasteiger partial charge in [0.1, 0.15) is 5.82 Å². The summed E-state index contributed by atoms with van der Waals surface area (Å²) in [5, 5.41) is 3.90. The van der Waals surface area contributed by atoms with Crippen LogP contribution in [0.5, 0.6) is 0 Å². The Kier molecular flexibility index (Phi) is 4.49. The van der Waals surface area contributed by atoms with E-state index in [0.717, 1.165) is 36.9 Å². The van der Waals surface area contributed by atoms with Gasteiger partial charge in [-0.2, -0.15) is 0 Å².